The van der Waals surface area contributed by atoms with Gasteiger partial charge in [-0.25, -0.2) is 0 Å². The van der Waals surface area contributed by atoms with Gasteiger partial charge in [0.25, 0.3) is 0 Å². The molecule has 3 nitrogen and oxygen atoms in total. The van der Waals surface area contributed by atoms with Crippen LogP contribution in [0.3, 0.4) is 0 Å². The van der Waals surface area contributed by atoms with Crippen molar-refractivity contribution in [3.05, 3.63) is 23.3 Å². The summed E-state index contributed by atoms with van der Waals surface area (Å²) in [7, 11) is 0. The fraction of sp³-hybridized carbons (Fsp3) is 0.684. The SMILES string of the molecule is CCCCCCCCCCCCc1c(C)ccc2n[nH]nc12. The van der Waals surface area contributed by atoms with Gasteiger partial charge in [0.2, 0.25) is 0 Å². The van der Waals surface area contributed by atoms with Gasteiger partial charge in [0.15, 0.2) is 0 Å². The zero-order valence-corrected chi connectivity index (χ0v) is 14.3. The highest BCUT2D eigenvalue weighted by molar-refractivity contribution is 5.78. The second-order valence-electron chi connectivity index (χ2n) is 6.48. The van der Waals surface area contributed by atoms with E-state index in [0.29, 0.717) is 0 Å². The summed E-state index contributed by atoms with van der Waals surface area (Å²) >= 11 is 0. The number of hydrogen-bond acceptors (Lipinski definition) is 2. The molecule has 2 rings (SSSR count). The number of nitrogens with zero attached hydrogens (tertiary/aromatic N) is 2. The molecule has 22 heavy (non-hydrogen) atoms. The Labute approximate surface area is 134 Å². The Bertz CT molecular complexity index is 545. The van der Waals surface area contributed by atoms with Gasteiger partial charge in [-0.1, -0.05) is 70.8 Å². The van der Waals surface area contributed by atoms with E-state index >= 15 is 0 Å². The highest BCUT2D eigenvalue weighted by atomic mass is 15.3. The molecule has 3 heteroatoms. The smallest absolute Gasteiger partial charge is 0.116 e. The van der Waals surface area contributed by atoms with Gasteiger partial charge in [0, 0.05) is 0 Å². The monoisotopic (exact) mass is 301 g/mol. The van der Waals surface area contributed by atoms with Crippen LogP contribution in [0.2, 0.25) is 0 Å². The maximum Gasteiger partial charge on any atom is 0.116 e. The van der Waals surface area contributed by atoms with E-state index in [9.17, 15) is 0 Å². The molecule has 1 aromatic carbocycles. The summed E-state index contributed by atoms with van der Waals surface area (Å²) < 4.78 is 0. The van der Waals surface area contributed by atoms with Gasteiger partial charge < -0.3 is 0 Å². The maximum absolute atomic E-state index is 4.31. The Balaban J connectivity index is 1.60. The van der Waals surface area contributed by atoms with Gasteiger partial charge in [0.1, 0.15) is 11.0 Å². The van der Waals surface area contributed by atoms with Crippen molar-refractivity contribution >= 4 is 11.0 Å². The predicted molar refractivity (Wildman–Crippen MR) is 94.2 cm³/mol. The van der Waals surface area contributed by atoms with Gasteiger partial charge in [-0.3, -0.25) is 0 Å². The molecule has 1 aromatic heterocycles. The van der Waals surface area contributed by atoms with Gasteiger partial charge in [-0.05, 0) is 37.0 Å². The number of aromatic nitrogens is 3. The van der Waals surface area contributed by atoms with Crippen LogP contribution in [0.25, 0.3) is 11.0 Å². The third-order valence-electron chi connectivity index (χ3n) is 4.61. The molecular formula is C19H31N3. The number of aryl methyl sites for hydroxylation is 2. The van der Waals surface area contributed by atoms with Crippen molar-refractivity contribution in [1.29, 1.82) is 0 Å². The molecule has 2 aromatic rings. The van der Waals surface area contributed by atoms with Crippen LogP contribution in [0, 0.1) is 6.92 Å². The molecule has 0 unspecified atom stereocenters. The van der Waals surface area contributed by atoms with Crippen molar-refractivity contribution in [1.82, 2.24) is 15.4 Å². The number of fused-ring (bicyclic) bond motifs is 1. The van der Waals surface area contributed by atoms with Crippen LogP contribution < -0.4 is 0 Å². The quantitative estimate of drug-likeness (QED) is 0.538. The lowest BCUT2D eigenvalue weighted by Crippen LogP contribution is -1.92. The van der Waals surface area contributed by atoms with E-state index in [4.69, 9.17) is 0 Å². The second-order valence-corrected chi connectivity index (χ2v) is 6.48. The fourth-order valence-corrected chi connectivity index (χ4v) is 3.17. The zero-order valence-electron chi connectivity index (χ0n) is 14.3. The van der Waals surface area contributed by atoms with E-state index in [-0.39, 0.29) is 0 Å². The largest absolute Gasteiger partial charge is 0.197 e. The molecular weight excluding hydrogens is 270 g/mol. The summed E-state index contributed by atoms with van der Waals surface area (Å²) in [5.41, 5.74) is 4.78. The lowest BCUT2D eigenvalue weighted by molar-refractivity contribution is 0.556. The van der Waals surface area contributed by atoms with Gasteiger partial charge in [0.05, 0.1) is 0 Å². The maximum atomic E-state index is 4.31. The van der Waals surface area contributed by atoms with Crippen LogP contribution in [0.5, 0.6) is 0 Å². The normalized spacial score (nSPS) is 11.4. The Morgan fingerprint density at radius 2 is 1.45 bits per heavy atom. The van der Waals surface area contributed by atoms with Gasteiger partial charge in [-0.2, -0.15) is 15.4 Å². The summed E-state index contributed by atoms with van der Waals surface area (Å²) in [6, 6.07) is 4.21. The summed E-state index contributed by atoms with van der Waals surface area (Å²) in [6.07, 6.45) is 15.0. The first kappa shape index (κ1) is 17.0. The molecule has 0 atom stereocenters. The average molecular weight is 301 g/mol. The number of rotatable bonds is 11. The van der Waals surface area contributed by atoms with E-state index in [1.165, 1.54) is 75.3 Å². The minimum absolute atomic E-state index is 0.993. The van der Waals surface area contributed by atoms with E-state index in [1.54, 1.807) is 0 Å². The lowest BCUT2D eigenvalue weighted by Gasteiger charge is -2.06. The first-order chi connectivity index (χ1) is 10.8. The molecule has 0 spiro atoms. The van der Waals surface area contributed by atoms with Crippen LogP contribution in [-0.2, 0) is 6.42 Å². The molecule has 0 aliphatic rings. The van der Waals surface area contributed by atoms with Crippen LogP contribution in [0.4, 0.5) is 0 Å². The van der Waals surface area contributed by atoms with Crippen molar-refractivity contribution in [2.24, 2.45) is 0 Å². The van der Waals surface area contributed by atoms with E-state index in [0.717, 1.165) is 17.5 Å². The fourth-order valence-electron chi connectivity index (χ4n) is 3.17. The molecule has 0 aliphatic carbocycles. The molecule has 1 heterocycles. The zero-order chi connectivity index (χ0) is 15.6. The number of H-pyrrole nitrogens is 1. The average Bonchev–Trinajstić information content (AvgIpc) is 2.99. The van der Waals surface area contributed by atoms with Crippen LogP contribution >= 0.6 is 0 Å². The van der Waals surface area contributed by atoms with Gasteiger partial charge in [-0.15, -0.1) is 0 Å². The summed E-state index contributed by atoms with van der Waals surface area (Å²) in [5.74, 6) is 0. The Morgan fingerprint density at radius 1 is 0.818 bits per heavy atom. The summed E-state index contributed by atoms with van der Waals surface area (Å²) in [4.78, 5) is 0. The molecule has 0 amide bonds. The standard InChI is InChI=1S/C19H31N3/c1-3-4-5-6-7-8-9-10-11-12-13-17-16(2)14-15-18-19(17)21-22-20-18/h14-15H,3-13H2,1-2H3,(H,20,21,22). The van der Waals surface area contributed by atoms with Crippen LogP contribution in [0.1, 0.15) is 82.3 Å². The Kier molecular flexibility index (Phi) is 7.41. The number of unbranched alkanes of at least 4 members (excludes halogenated alkanes) is 9. The van der Waals surface area contributed by atoms with Gasteiger partial charge >= 0.3 is 0 Å². The van der Waals surface area contributed by atoms with E-state index in [2.05, 4.69) is 41.4 Å². The highest BCUT2D eigenvalue weighted by Crippen LogP contribution is 2.21. The second kappa shape index (κ2) is 9.60. The molecule has 1 N–H and O–H groups in total. The third-order valence-corrected chi connectivity index (χ3v) is 4.61. The minimum atomic E-state index is 0.993. The molecule has 122 valence electrons. The first-order valence-corrected chi connectivity index (χ1v) is 9.12. The summed E-state index contributed by atoms with van der Waals surface area (Å²) in [6.45, 7) is 4.46. The van der Waals surface area contributed by atoms with Crippen LogP contribution in [0.15, 0.2) is 12.1 Å². The number of hydrogen-bond donors (Lipinski definition) is 1. The van der Waals surface area contributed by atoms with Crippen molar-refractivity contribution in [2.45, 2.75) is 84.5 Å². The molecule has 0 saturated carbocycles. The topological polar surface area (TPSA) is 41.6 Å². The van der Waals surface area contributed by atoms with E-state index < -0.39 is 0 Å². The Hall–Kier alpha value is -1.38. The van der Waals surface area contributed by atoms with Crippen molar-refractivity contribution < 1.29 is 0 Å². The Morgan fingerprint density at radius 3 is 2.14 bits per heavy atom. The van der Waals surface area contributed by atoms with Crippen LogP contribution in [-0.4, -0.2) is 15.4 Å². The molecule has 0 fully saturated rings. The third kappa shape index (κ3) is 5.11. The summed E-state index contributed by atoms with van der Waals surface area (Å²) in [5, 5.41) is 11.2. The number of benzene rings is 1. The number of nitrogens with one attached hydrogen (secondary N) is 1. The molecule has 0 radical (unpaired) electrons. The highest BCUT2D eigenvalue weighted by Gasteiger charge is 2.07. The lowest BCUT2D eigenvalue weighted by atomic mass is 9.99. The predicted octanol–water partition coefficient (Wildman–Crippen LogP) is 5.73. The van der Waals surface area contributed by atoms with E-state index in [1.807, 2.05) is 0 Å². The van der Waals surface area contributed by atoms with Crippen molar-refractivity contribution in [3.8, 4) is 0 Å². The number of aromatic amines is 1. The molecule has 0 aliphatic heterocycles. The molecule has 0 bridgehead atoms. The first-order valence-electron chi connectivity index (χ1n) is 9.12. The minimum Gasteiger partial charge on any atom is -0.197 e. The van der Waals surface area contributed by atoms with Crippen molar-refractivity contribution in [3.63, 3.8) is 0 Å². The molecule has 0 saturated heterocycles. The van der Waals surface area contributed by atoms with Crippen molar-refractivity contribution in [2.75, 3.05) is 0 Å².